The van der Waals surface area contributed by atoms with Crippen LogP contribution in [0.25, 0.3) is 0 Å². The quantitative estimate of drug-likeness (QED) is 0.688. The summed E-state index contributed by atoms with van der Waals surface area (Å²) in [7, 11) is 0. The maximum absolute atomic E-state index is 13.3. The van der Waals surface area contributed by atoms with Crippen molar-refractivity contribution < 1.29 is 19.2 Å². The van der Waals surface area contributed by atoms with E-state index in [0.29, 0.717) is 10.5 Å². The number of benzene rings is 1. The van der Waals surface area contributed by atoms with Gasteiger partial charge in [-0.25, -0.2) is 14.2 Å². The van der Waals surface area contributed by atoms with Gasteiger partial charge < -0.3 is 5.11 Å². The Bertz CT molecular complexity index is 736. The highest BCUT2D eigenvalue weighted by atomic mass is 32.2. The van der Waals surface area contributed by atoms with Gasteiger partial charge in [0.15, 0.2) is 5.03 Å². The molecular formula is C13H9FN2O4S. The molecule has 0 atom stereocenters. The third kappa shape index (κ3) is 3.34. The first-order chi connectivity index (χ1) is 9.88. The molecular weight excluding hydrogens is 299 g/mol. The number of aromatic nitrogens is 1. The number of halogens is 1. The predicted molar refractivity (Wildman–Crippen MR) is 73.1 cm³/mol. The van der Waals surface area contributed by atoms with Crippen LogP contribution in [0.4, 0.5) is 10.1 Å². The number of aryl methyl sites for hydroxylation is 1. The maximum atomic E-state index is 13.3. The smallest absolute Gasteiger partial charge is 0.338 e. The summed E-state index contributed by atoms with van der Waals surface area (Å²) in [5.74, 6) is -2.26. The van der Waals surface area contributed by atoms with Gasteiger partial charge in [-0.3, -0.25) is 10.1 Å². The van der Waals surface area contributed by atoms with Crippen LogP contribution in [-0.4, -0.2) is 21.0 Å². The molecule has 0 spiro atoms. The van der Waals surface area contributed by atoms with Crippen LogP contribution in [0.3, 0.4) is 0 Å². The molecule has 1 heterocycles. The van der Waals surface area contributed by atoms with Crippen molar-refractivity contribution in [2.45, 2.75) is 16.8 Å². The van der Waals surface area contributed by atoms with E-state index in [2.05, 4.69) is 4.98 Å². The molecule has 2 rings (SSSR count). The topological polar surface area (TPSA) is 93.3 Å². The Kier molecular flexibility index (Phi) is 4.18. The molecule has 8 heteroatoms. The zero-order valence-electron chi connectivity index (χ0n) is 10.7. The third-order valence-corrected chi connectivity index (χ3v) is 3.55. The van der Waals surface area contributed by atoms with Crippen LogP contribution in [-0.2, 0) is 0 Å². The van der Waals surface area contributed by atoms with Crippen LogP contribution >= 0.6 is 11.8 Å². The van der Waals surface area contributed by atoms with E-state index in [0.717, 1.165) is 23.9 Å². The van der Waals surface area contributed by atoms with Crippen LogP contribution in [0, 0.1) is 22.9 Å². The second-order valence-electron chi connectivity index (χ2n) is 4.14. The number of hydrogen-bond donors (Lipinski definition) is 1. The average Bonchev–Trinajstić information content (AvgIpc) is 2.42. The maximum Gasteiger partial charge on any atom is 0.338 e. The molecule has 21 heavy (non-hydrogen) atoms. The Morgan fingerprint density at radius 3 is 2.76 bits per heavy atom. The van der Waals surface area contributed by atoms with Gasteiger partial charge in [0, 0.05) is 17.2 Å². The molecule has 1 N–H and O–H groups in total. The monoisotopic (exact) mass is 308 g/mol. The number of pyridine rings is 1. The van der Waals surface area contributed by atoms with Gasteiger partial charge in [0.05, 0.1) is 10.5 Å². The highest BCUT2D eigenvalue weighted by Gasteiger charge is 2.18. The van der Waals surface area contributed by atoms with Gasteiger partial charge in [-0.05, 0) is 30.7 Å². The van der Waals surface area contributed by atoms with Gasteiger partial charge in [-0.2, -0.15) is 0 Å². The first-order valence-corrected chi connectivity index (χ1v) is 6.52. The van der Waals surface area contributed by atoms with Crippen molar-refractivity contribution in [1.29, 1.82) is 0 Å². The lowest BCUT2D eigenvalue weighted by Crippen LogP contribution is -2.00. The first-order valence-electron chi connectivity index (χ1n) is 5.70. The van der Waals surface area contributed by atoms with Crippen molar-refractivity contribution in [2.24, 2.45) is 0 Å². The van der Waals surface area contributed by atoms with Crippen LogP contribution in [0.15, 0.2) is 40.4 Å². The standard InChI is InChI=1S/C13H9FN2O4S/c1-7-4-11(16(19)20)12(15-6-7)21-8-2-3-10(14)9(5-8)13(17)18/h2-6H,1H3,(H,17,18). The fraction of sp³-hybridized carbons (Fsp3) is 0.0769. The van der Waals surface area contributed by atoms with Crippen molar-refractivity contribution in [3.05, 3.63) is 57.5 Å². The van der Waals surface area contributed by atoms with Crippen molar-refractivity contribution in [3.8, 4) is 0 Å². The number of aromatic carboxylic acids is 1. The Morgan fingerprint density at radius 1 is 1.43 bits per heavy atom. The molecule has 0 fully saturated rings. The molecule has 0 amide bonds. The number of hydrogen-bond acceptors (Lipinski definition) is 5. The Hall–Kier alpha value is -2.48. The number of carbonyl (C=O) groups is 1. The van der Waals surface area contributed by atoms with Gasteiger partial charge in [0.1, 0.15) is 5.82 Å². The Balaban J connectivity index is 2.41. The van der Waals surface area contributed by atoms with Gasteiger partial charge >= 0.3 is 11.7 Å². The van der Waals surface area contributed by atoms with E-state index < -0.39 is 22.3 Å². The summed E-state index contributed by atoms with van der Waals surface area (Å²) in [6.07, 6.45) is 1.47. The summed E-state index contributed by atoms with van der Waals surface area (Å²) in [4.78, 5) is 25.6. The second kappa shape index (κ2) is 5.88. The summed E-state index contributed by atoms with van der Waals surface area (Å²) in [6.45, 7) is 1.68. The Morgan fingerprint density at radius 2 is 2.14 bits per heavy atom. The molecule has 0 aliphatic heterocycles. The summed E-state index contributed by atoms with van der Waals surface area (Å²) in [6, 6.07) is 4.84. The summed E-state index contributed by atoms with van der Waals surface area (Å²) < 4.78 is 13.3. The molecule has 0 saturated heterocycles. The van der Waals surface area contributed by atoms with Gasteiger partial charge in [-0.1, -0.05) is 11.8 Å². The zero-order chi connectivity index (χ0) is 15.6. The zero-order valence-corrected chi connectivity index (χ0v) is 11.6. The normalized spacial score (nSPS) is 10.4. The van der Waals surface area contributed by atoms with E-state index in [1.165, 1.54) is 18.3 Å². The largest absolute Gasteiger partial charge is 0.478 e. The molecule has 108 valence electrons. The fourth-order valence-corrected chi connectivity index (χ4v) is 2.47. The lowest BCUT2D eigenvalue weighted by Gasteiger charge is -2.04. The molecule has 0 unspecified atom stereocenters. The minimum Gasteiger partial charge on any atom is -0.478 e. The number of carboxylic acid groups (broad SMARTS) is 1. The van der Waals surface area contributed by atoms with Crippen LogP contribution in [0.2, 0.25) is 0 Å². The molecule has 1 aromatic heterocycles. The molecule has 0 radical (unpaired) electrons. The number of nitrogens with zero attached hydrogens (tertiary/aromatic N) is 2. The molecule has 0 bridgehead atoms. The Labute approximate surface area is 122 Å². The highest BCUT2D eigenvalue weighted by Crippen LogP contribution is 2.34. The highest BCUT2D eigenvalue weighted by molar-refractivity contribution is 7.99. The van der Waals surface area contributed by atoms with E-state index in [1.807, 2.05) is 0 Å². The van der Waals surface area contributed by atoms with Gasteiger partial charge in [0.2, 0.25) is 0 Å². The van der Waals surface area contributed by atoms with Crippen LogP contribution < -0.4 is 0 Å². The van der Waals surface area contributed by atoms with E-state index in [9.17, 15) is 19.3 Å². The minimum atomic E-state index is -1.40. The molecule has 6 nitrogen and oxygen atoms in total. The van der Waals surface area contributed by atoms with E-state index in [1.54, 1.807) is 6.92 Å². The summed E-state index contributed by atoms with van der Waals surface area (Å²) in [5.41, 5.74) is -0.0349. The molecule has 1 aromatic carbocycles. The number of carboxylic acids is 1. The van der Waals surface area contributed by atoms with Crippen molar-refractivity contribution in [1.82, 2.24) is 4.98 Å². The van der Waals surface area contributed by atoms with E-state index in [4.69, 9.17) is 5.11 Å². The lowest BCUT2D eigenvalue weighted by molar-refractivity contribution is -0.388. The fourth-order valence-electron chi connectivity index (χ4n) is 1.59. The van der Waals surface area contributed by atoms with E-state index in [-0.39, 0.29) is 10.7 Å². The van der Waals surface area contributed by atoms with Gasteiger partial charge in [0.25, 0.3) is 0 Å². The SMILES string of the molecule is Cc1cnc(Sc2ccc(F)c(C(=O)O)c2)c([N+](=O)[O-])c1. The lowest BCUT2D eigenvalue weighted by atomic mass is 10.2. The second-order valence-corrected chi connectivity index (χ2v) is 5.21. The average molecular weight is 308 g/mol. The van der Waals surface area contributed by atoms with Crippen LogP contribution in [0.1, 0.15) is 15.9 Å². The molecule has 0 aliphatic carbocycles. The van der Waals surface area contributed by atoms with E-state index >= 15 is 0 Å². The van der Waals surface area contributed by atoms with Crippen molar-refractivity contribution in [2.75, 3.05) is 0 Å². The molecule has 0 aliphatic rings. The first kappa shape index (κ1) is 14.9. The summed E-state index contributed by atoms with van der Waals surface area (Å²) >= 11 is 0.909. The third-order valence-electron chi connectivity index (χ3n) is 2.55. The summed E-state index contributed by atoms with van der Waals surface area (Å²) in [5, 5.41) is 20.0. The number of rotatable bonds is 4. The van der Waals surface area contributed by atoms with Crippen molar-refractivity contribution >= 4 is 23.4 Å². The van der Waals surface area contributed by atoms with Crippen LogP contribution in [0.5, 0.6) is 0 Å². The molecule has 0 saturated carbocycles. The van der Waals surface area contributed by atoms with Crippen molar-refractivity contribution in [3.63, 3.8) is 0 Å². The number of nitro groups is 1. The minimum absolute atomic E-state index is 0.119. The predicted octanol–water partition coefficient (Wildman–Crippen LogP) is 3.29. The molecule has 2 aromatic rings. The van der Waals surface area contributed by atoms with Gasteiger partial charge in [-0.15, -0.1) is 0 Å².